The smallest absolute Gasteiger partial charge is 0.241 e. The third kappa shape index (κ3) is 5.03. The van der Waals surface area contributed by atoms with Crippen molar-refractivity contribution in [3.05, 3.63) is 54.1 Å². The van der Waals surface area contributed by atoms with E-state index in [1.807, 2.05) is 38.2 Å². The number of carbonyl (C=O) groups excluding carboxylic acids is 1. The van der Waals surface area contributed by atoms with Gasteiger partial charge in [-0.2, -0.15) is 0 Å². The molecule has 1 heterocycles. The van der Waals surface area contributed by atoms with Gasteiger partial charge in [0.2, 0.25) is 5.91 Å². The minimum absolute atomic E-state index is 0.0310. The molecule has 6 nitrogen and oxygen atoms in total. The van der Waals surface area contributed by atoms with Gasteiger partial charge in [-0.3, -0.25) is 9.69 Å². The van der Waals surface area contributed by atoms with Crippen LogP contribution in [0.5, 0.6) is 5.75 Å². The van der Waals surface area contributed by atoms with Gasteiger partial charge in [-0.25, -0.2) is 0 Å². The fourth-order valence-electron chi connectivity index (χ4n) is 3.28. The van der Waals surface area contributed by atoms with Crippen LogP contribution < -0.4 is 15.0 Å². The Kier molecular flexibility index (Phi) is 6.90. The minimum atomic E-state index is -0.264. The highest BCUT2D eigenvalue weighted by atomic mass is 16.5. The third-order valence-electron chi connectivity index (χ3n) is 5.16. The lowest BCUT2D eigenvalue weighted by molar-refractivity contribution is -0.120. The van der Waals surface area contributed by atoms with Crippen LogP contribution in [-0.2, 0) is 16.1 Å². The summed E-state index contributed by atoms with van der Waals surface area (Å²) in [4.78, 5) is 17.1. The molecule has 2 aromatic carbocycles. The largest absolute Gasteiger partial charge is 0.497 e. The molecule has 1 saturated heterocycles. The molecule has 3 rings (SSSR count). The Bertz CT molecular complexity index is 773. The lowest BCUT2D eigenvalue weighted by Gasteiger charge is -2.32. The number of carbonyl (C=O) groups is 1. The highest BCUT2D eigenvalue weighted by Gasteiger charge is 2.21. The van der Waals surface area contributed by atoms with E-state index in [2.05, 4.69) is 39.4 Å². The molecular formula is C22H29N3O3. The van der Waals surface area contributed by atoms with Crippen molar-refractivity contribution < 1.29 is 14.3 Å². The summed E-state index contributed by atoms with van der Waals surface area (Å²) in [5.41, 5.74) is 3.20. The maximum absolute atomic E-state index is 12.7. The lowest BCUT2D eigenvalue weighted by atomic mass is 10.1. The number of amides is 1. The van der Waals surface area contributed by atoms with E-state index in [-0.39, 0.29) is 11.9 Å². The van der Waals surface area contributed by atoms with Crippen LogP contribution in [0.15, 0.2) is 48.5 Å². The first-order valence-electron chi connectivity index (χ1n) is 9.64. The van der Waals surface area contributed by atoms with Crippen molar-refractivity contribution in [2.24, 2.45) is 0 Å². The molecule has 1 amide bonds. The maximum Gasteiger partial charge on any atom is 0.241 e. The molecule has 0 radical (unpaired) electrons. The second kappa shape index (κ2) is 9.57. The first-order chi connectivity index (χ1) is 13.6. The summed E-state index contributed by atoms with van der Waals surface area (Å²) in [6.07, 6.45) is 0. The van der Waals surface area contributed by atoms with Gasteiger partial charge < -0.3 is 19.7 Å². The van der Waals surface area contributed by atoms with Gasteiger partial charge in [0.15, 0.2) is 0 Å². The molecule has 1 fully saturated rings. The molecule has 2 aromatic rings. The average molecular weight is 383 g/mol. The number of benzene rings is 2. The summed E-state index contributed by atoms with van der Waals surface area (Å²) in [5, 5.41) is 2.97. The molecule has 0 aliphatic carbocycles. The molecule has 0 aromatic heterocycles. The van der Waals surface area contributed by atoms with Gasteiger partial charge in [-0.15, -0.1) is 0 Å². The number of nitrogens with zero attached hydrogens (tertiary/aromatic N) is 2. The molecular weight excluding hydrogens is 354 g/mol. The van der Waals surface area contributed by atoms with Crippen LogP contribution in [0.3, 0.4) is 0 Å². The van der Waals surface area contributed by atoms with Gasteiger partial charge in [0, 0.05) is 31.0 Å². The van der Waals surface area contributed by atoms with E-state index in [0.717, 1.165) is 37.7 Å². The normalized spacial score (nSPS) is 15.4. The Morgan fingerprint density at radius 1 is 1.18 bits per heavy atom. The van der Waals surface area contributed by atoms with E-state index in [1.54, 1.807) is 7.11 Å². The van der Waals surface area contributed by atoms with E-state index in [4.69, 9.17) is 9.47 Å². The highest BCUT2D eigenvalue weighted by molar-refractivity contribution is 5.94. The third-order valence-corrected chi connectivity index (χ3v) is 5.16. The van der Waals surface area contributed by atoms with Crippen LogP contribution in [0.2, 0.25) is 0 Å². The molecule has 1 atom stereocenters. The zero-order valence-corrected chi connectivity index (χ0v) is 16.9. The predicted molar refractivity (Wildman–Crippen MR) is 112 cm³/mol. The number of nitrogens with one attached hydrogen (secondary N) is 1. The van der Waals surface area contributed by atoms with E-state index < -0.39 is 0 Å². The minimum Gasteiger partial charge on any atom is -0.497 e. The molecule has 0 spiro atoms. The molecule has 0 bridgehead atoms. The second-order valence-corrected chi connectivity index (χ2v) is 7.04. The number of hydrogen-bond acceptors (Lipinski definition) is 5. The Morgan fingerprint density at radius 2 is 1.86 bits per heavy atom. The van der Waals surface area contributed by atoms with Crippen molar-refractivity contribution in [2.45, 2.75) is 19.5 Å². The molecule has 0 saturated carbocycles. The number of anilines is 2. The number of rotatable bonds is 7. The standard InChI is InChI=1S/C22H29N3O3/c1-17(22(26)23-19-8-10-20(27-3)11-9-19)24(2)16-18-6-4-5-7-21(18)25-12-14-28-15-13-25/h4-11,17H,12-16H2,1-3H3,(H,23,26). The van der Waals surface area contributed by atoms with E-state index in [9.17, 15) is 4.79 Å². The quantitative estimate of drug-likeness (QED) is 0.797. The van der Waals surface area contributed by atoms with Crippen LogP contribution in [0.25, 0.3) is 0 Å². The highest BCUT2D eigenvalue weighted by Crippen LogP contribution is 2.23. The van der Waals surface area contributed by atoms with Gasteiger partial charge in [0.25, 0.3) is 0 Å². The van der Waals surface area contributed by atoms with Crippen LogP contribution in [0, 0.1) is 0 Å². The molecule has 1 aliphatic heterocycles. The van der Waals surface area contributed by atoms with Gasteiger partial charge in [-0.05, 0) is 49.9 Å². The van der Waals surface area contributed by atoms with Gasteiger partial charge in [-0.1, -0.05) is 18.2 Å². The van der Waals surface area contributed by atoms with E-state index in [0.29, 0.717) is 6.54 Å². The van der Waals surface area contributed by atoms with Crippen molar-refractivity contribution in [3.8, 4) is 5.75 Å². The molecule has 1 N–H and O–H groups in total. The molecule has 150 valence electrons. The topological polar surface area (TPSA) is 54.0 Å². The summed E-state index contributed by atoms with van der Waals surface area (Å²) in [6, 6.07) is 15.5. The summed E-state index contributed by atoms with van der Waals surface area (Å²) >= 11 is 0. The van der Waals surface area contributed by atoms with E-state index in [1.165, 1.54) is 11.3 Å². The van der Waals surface area contributed by atoms with Gasteiger partial charge >= 0.3 is 0 Å². The molecule has 6 heteroatoms. The van der Waals surface area contributed by atoms with Crippen LogP contribution >= 0.6 is 0 Å². The molecule has 1 aliphatic rings. The number of para-hydroxylation sites is 1. The predicted octanol–water partition coefficient (Wildman–Crippen LogP) is 2.99. The lowest BCUT2D eigenvalue weighted by Crippen LogP contribution is -2.40. The fourth-order valence-corrected chi connectivity index (χ4v) is 3.28. The van der Waals surface area contributed by atoms with Crippen molar-refractivity contribution >= 4 is 17.3 Å². The summed E-state index contributed by atoms with van der Waals surface area (Å²) in [6.45, 7) is 5.93. The zero-order valence-electron chi connectivity index (χ0n) is 16.9. The Balaban J connectivity index is 1.63. The van der Waals surface area contributed by atoms with Crippen molar-refractivity contribution in [1.82, 2.24) is 4.90 Å². The Hall–Kier alpha value is -2.57. The number of likely N-dealkylation sites (N-methyl/N-ethyl adjacent to an activating group) is 1. The first kappa shape index (κ1) is 20.2. The molecule has 28 heavy (non-hydrogen) atoms. The van der Waals surface area contributed by atoms with Gasteiger partial charge in [0.05, 0.1) is 26.4 Å². The van der Waals surface area contributed by atoms with Crippen molar-refractivity contribution in [3.63, 3.8) is 0 Å². The number of hydrogen-bond donors (Lipinski definition) is 1. The zero-order chi connectivity index (χ0) is 19.9. The second-order valence-electron chi connectivity index (χ2n) is 7.04. The fraction of sp³-hybridized carbons (Fsp3) is 0.409. The summed E-state index contributed by atoms with van der Waals surface area (Å²) in [5.74, 6) is 0.736. The van der Waals surface area contributed by atoms with Gasteiger partial charge in [0.1, 0.15) is 5.75 Å². The monoisotopic (exact) mass is 383 g/mol. The SMILES string of the molecule is COc1ccc(NC(=O)C(C)N(C)Cc2ccccc2N2CCOCC2)cc1. The summed E-state index contributed by atoms with van der Waals surface area (Å²) < 4.78 is 10.6. The van der Waals surface area contributed by atoms with Crippen LogP contribution in [0.4, 0.5) is 11.4 Å². The number of ether oxygens (including phenoxy) is 2. The van der Waals surface area contributed by atoms with E-state index >= 15 is 0 Å². The Morgan fingerprint density at radius 3 is 2.54 bits per heavy atom. The average Bonchev–Trinajstić information content (AvgIpc) is 2.74. The number of morpholine rings is 1. The maximum atomic E-state index is 12.7. The van der Waals surface area contributed by atoms with Crippen LogP contribution in [-0.4, -0.2) is 57.3 Å². The molecule has 1 unspecified atom stereocenters. The summed E-state index contributed by atoms with van der Waals surface area (Å²) in [7, 11) is 3.60. The Labute approximate surface area is 167 Å². The number of methoxy groups -OCH3 is 1. The van der Waals surface area contributed by atoms with Crippen LogP contribution in [0.1, 0.15) is 12.5 Å². The van der Waals surface area contributed by atoms with Crippen molar-refractivity contribution in [2.75, 3.05) is 50.7 Å². The first-order valence-corrected chi connectivity index (χ1v) is 9.64. The van der Waals surface area contributed by atoms with Crippen molar-refractivity contribution in [1.29, 1.82) is 0 Å².